The van der Waals surface area contributed by atoms with Crippen LogP contribution in [-0.2, 0) is 11.2 Å². The fraction of sp³-hybridized carbons (Fsp3) is 0.333. The minimum absolute atomic E-state index is 0.113. The van der Waals surface area contributed by atoms with E-state index in [1.165, 1.54) is 10.4 Å². The van der Waals surface area contributed by atoms with E-state index in [0.29, 0.717) is 6.42 Å². The number of thiophene rings is 1. The molecule has 3 heterocycles. The van der Waals surface area contributed by atoms with Gasteiger partial charge in [-0.15, -0.1) is 11.3 Å². The lowest BCUT2D eigenvalue weighted by Gasteiger charge is -2.32. The Morgan fingerprint density at radius 3 is 2.81 bits per heavy atom. The first kappa shape index (κ1) is 17.8. The summed E-state index contributed by atoms with van der Waals surface area (Å²) in [5.41, 5.74) is 3.33. The van der Waals surface area contributed by atoms with Crippen molar-refractivity contribution in [3.8, 4) is 10.6 Å². The number of carbonyl (C=O) groups excluding carboxylic acids is 1. The highest BCUT2D eigenvalue weighted by molar-refractivity contribution is 7.13. The highest BCUT2D eigenvalue weighted by atomic mass is 32.1. The number of aromatic nitrogens is 2. The third-order valence-corrected chi connectivity index (χ3v) is 6.05. The molecular weight excluding hydrogens is 356 g/mol. The number of aryl methyl sites for hydroxylation is 1. The Morgan fingerprint density at radius 2 is 2.07 bits per heavy atom. The summed E-state index contributed by atoms with van der Waals surface area (Å²) in [7, 11) is 0. The second kappa shape index (κ2) is 7.96. The number of nitrogens with one attached hydrogen (secondary N) is 2. The normalized spacial score (nSPS) is 15.1. The van der Waals surface area contributed by atoms with Crippen LogP contribution in [0.15, 0.2) is 47.8 Å². The Morgan fingerprint density at radius 1 is 1.26 bits per heavy atom. The fourth-order valence-corrected chi connectivity index (χ4v) is 4.24. The van der Waals surface area contributed by atoms with Gasteiger partial charge >= 0.3 is 0 Å². The number of carbonyl (C=O) groups is 1. The van der Waals surface area contributed by atoms with Gasteiger partial charge in [0.1, 0.15) is 0 Å². The summed E-state index contributed by atoms with van der Waals surface area (Å²) in [4.78, 5) is 15.9. The molecule has 5 nitrogen and oxygen atoms in total. The van der Waals surface area contributed by atoms with Crippen LogP contribution in [0.1, 0.15) is 24.0 Å². The SMILES string of the molecule is Cc1ccccc1CC(=O)NC1CCN(c2cc(-c3cccs3)[nH]n2)CC1. The molecule has 0 aliphatic carbocycles. The van der Waals surface area contributed by atoms with Crippen LogP contribution in [-0.4, -0.2) is 35.2 Å². The molecule has 0 atom stereocenters. The standard InChI is InChI=1S/C21H24N4OS/c1-15-5-2-3-6-16(15)13-21(26)22-17-8-10-25(11-9-17)20-14-18(23-24-20)19-7-4-12-27-19/h2-7,12,14,17H,8-11,13H2,1H3,(H,22,26)(H,23,24). The quantitative estimate of drug-likeness (QED) is 0.708. The smallest absolute Gasteiger partial charge is 0.224 e. The van der Waals surface area contributed by atoms with Crippen molar-refractivity contribution in [2.24, 2.45) is 0 Å². The third kappa shape index (κ3) is 4.22. The zero-order chi connectivity index (χ0) is 18.6. The molecule has 0 saturated carbocycles. The maximum absolute atomic E-state index is 12.4. The first-order chi connectivity index (χ1) is 13.2. The zero-order valence-corrected chi connectivity index (χ0v) is 16.3. The number of benzene rings is 1. The maximum atomic E-state index is 12.4. The monoisotopic (exact) mass is 380 g/mol. The number of piperidine rings is 1. The lowest BCUT2D eigenvalue weighted by Crippen LogP contribution is -2.45. The fourth-order valence-electron chi connectivity index (χ4n) is 3.54. The molecule has 0 unspecified atom stereocenters. The van der Waals surface area contributed by atoms with Gasteiger partial charge in [-0.2, -0.15) is 5.10 Å². The van der Waals surface area contributed by atoms with E-state index in [-0.39, 0.29) is 11.9 Å². The van der Waals surface area contributed by atoms with Crippen molar-refractivity contribution in [3.63, 3.8) is 0 Å². The summed E-state index contributed by atoms with van der Waals surface area (Å²) in [6.07, 6.45) is 2.35. The van der Waals surface area contributed by atoms with Crippen molar-refractivity contribution in [1.29, 1.82) is 0 Å². The van der Waals surface area contributed by atoms with Crippen LogP contribution in [0.25, 0.3) is 10.6 Å². The van der Waals surface area contributed by atoms with Crippen molar-refractivity contribution >= 4 is 23.1 Å². The molecule has 27 heavy (non-hydrogen) atoms. The van der Waals surface area contributed by atoms with E-state index in [4.69, 9.17) is 0 Å². The molecule has 1 fully saturated rings. The van der Waals surface area contributed by atoms with E-state index in [1.807, 2.05) is 24.3 Å². The predicted octanol–water partition coefficient (Wildman–Crippen LogP) is 3.77. The van der Waals surface area contributed by atoms with E-state index in [9.17, 15) is 4.79 Å². The lowest BCUT2D eigenvalue weighted by molar-refractivity contribution is -0.121. The molecule has 1 aliphatic heterocycles. The molecule has 0 radical (unpaired) electrons. The largest absolute Gasteiger partial charge is 0.355 e. The number of amides is 1. The van der Waals surface area contributed by atoms with Gasteiger partial charge in [0.05, 0.1) is 17.0 Å². The van der Waals surface area contributed by atoms with Gasteiger partial charge in [-0.05, 0) is 42.3 Å². The molecule has 0 spiro atoms. The van der Waals surface area contributed by atoms with Crippen LogP contribution in [0.5, 0.6) is 0 Å². The summed E-state index contributed by atoms with van der Waals surface area (Å²) in [6.45, 7) is 3.86. The second-order valence-electron chi connectivity index (χ2n) is 7.05. The molecule has 2 N–H and O–H groups in total. The van der Waals surface area contributed by atoms with E-state index >= 15 is 0 Å². The van der Waals surface area contributed by atoms with Crippen LogP contribution in [0, 0.1) is 6.92 Å². The average Bonchev–Trinajstić information content (AvgIpc) is 3.36. The first-order valence-corrected chi connectivity index (χ1v) is 10.2. The van der Waals surface area contributed by atoms with Gasteiger partial charge in [0, 0.05) is 25.2 Å². The minimum Gasteiger partial charge on any atom is -0.355 e. The van der Waals surface area contributed by atoms with E-state index in [2.05, 4.69) is 50.9 Å². The summed E-state index contributed by atoms with van der Waals surface area (Å²) < 4.78 is 0. The Labute approximate surface area is 163 Å². The van der Waals surface area contributed by atoms with Crippen molar-refractivity contribution in [2.45, 2.75) is 32.2 Å². The molecule has 4 rings (SSSR count). The number of H-pyrrole nitrogens is 1. The topological polar surface area (TPSA) is 61.0 Å². The number of rotatable bonds is 5. The van der Waals surface area contributed by atoms with Crippen LogP contribution in [0.2, 0.25) is 0 Å². The number of anilines is 1. The van der Waals surface area contributed by atoms with Gasteiger partial charge < -0.3 is 10.2 Å². The predicted molar refractivity (Wildman–Crippen MR) is 110 cm³/mol. The van der Waals surface area contributed by atoms with Crippen LogP contribution in [0.4, 0.5) is 5.82 Å². The van der Waals surface area contributed by atoms with Crippen molar-refractivity contribution in [1.82, 2.24) is 15.5 Å². The summed E-state index contributed by atoms with van der Waals surface area (Å²) in [5.74, 6) is 1.10. The minimum atomic E-state index is 0.113. The van der Waals surface area contributed by atoms with Gasteiger partial charge in [-0.25, -0.2) is 0 Å². The molecule has 1 saturated heterocycles. The molecule has 2 aromatic heterocycles. The molecule has 1 aromatic carbocycles. The molecule has 6 heteroatoms. The van der Waals surface area contributed by atoms with Crippen LogP contribution < -0.4 is 10.2 Å². The van der Waals surface area contributed by atoms with Crippen molar-refractivity contribution in [2.75, 3.05) is 18.0 Å². The Hall–Kier alpha value is -2.60. The molecule has 1 amide bonds. The maximum Gasteiger partial charge on any atom is 0.224 e. The molecule has 1 aliphatic rings. The van der Waals surface area contributed by atoms with E-state index in [1.54, 1.807) is 11.3 Å². The number of hydrogen-bond donors (Lipinski definition) is 2. The number of nitrogens with zero attached hydrogens (tertiary/aromatic N) is 2. The van der Waals surface area contributed by atoms with Gasteiger partial charge in [-0.3, -0.25) is 9.89 Å². The van der Waals surface area contributed by atoms with Crippen LogP contribution >= 0.6 is 11.3 Å². The summed E-state index contributed by atoms with van der Waals surface area (Å²) in [6, 6.07) is 14.6. The zero-order valence-electron chi connectivity index (χ0n) is 15.4. The van der Waals surface area contributed by atoms with Crippen molar-refractivity contribution in [3.05, 3.63) is 59.0 Å². The first-order valence-electron chi connectivity index (χ1n) is 9.37. The average molecular weight is 381 g/mol. The summed E-state index contributed by atoms with van der Waals surface area (Å²) in [5, 5.41) is 12.9. The number of hydrogen-bond acceptors (Lipinski definition) is 4. The molecular formula is C21H24N4OS. The second-order valence-corrected chi connectivity index (χ2v) is 8.00. The number of aromatic amines is 1. The Bertz CT molecular complexity index is 895. The van der Waals surface area contributed by atoms with Crippen molar-refractivity contribution < 1.29 is 4.79 Å². The van der Waals surface area contributed by atoms with Gasteiger partial charge in [0.2, 0.25) is 5.91 Å². The van der Waals surface area contributed by atoms with Gasteiger partial charge in [-0.1, -0.05) is 30.3 Å². The third-order valence-electron chi connectivity index (χ3n) is 5.15. The van der Waals surface area contributed by atoms with E-state index < -0.39 is 0 Å². The Kier molecular flexibility index (Phi) is 5.25. The molecule has 0 bridgehead atoms. The van der Waals surface area contributed by atoms with Gasteiger partial charge in [0.15, 0.2) is 5.82 Å². The highest BCUT2D eigenvalue weighted by Gasteiger charge is 2.22. The van der Waals surface area contributed by atoms with E-state index in [0.717, 1.165) is 43.0 Å². The molecule has 3 aromatic rings. The summed E-state index contributed by atoms with van der Waals surface area (Å²) >= 11 is 1.71. The van der Waals surface area contributed by atoms with Crippen LogP contribution in [0.3, 0.4) is 0 Å². The lowest BCUT2D eigenvalue weighted by atomic mass is 10.0. The molecule has 140 valence electrons. The Balaban J connectivity index is 1.29. The highest BCUT2D eigenvalue weighted by Crippen LogP contribution is 2.27. The van der Waals surface area contributed by atoms with Gasteiger partial charge in [0.25, 0.3) is 0 Å².